The monoisotopic (exact) mass is 540 g/mol. The molecule has 38 heavy (non-hydrogen) atoms. The van der Waals surface area contributed by atoms with Gasteiger partial charge in [0.25, 0.3) is 0 Å². The van der Waals surface area contributed by atoms with Gasteiger partial charge in [0.15, 0.2) is 0 Å². The first-order valence-corrected chi connectivity index (χ1v) is 13.0. The average molecular weight is 541 g/mol. The number of nitrogens with two attached hydrogens (primary N) is 1. The Morgan fingerprint density at radius 2 is 1.58 bits per heavy atom. The lowest BCUT2D eigenvalue weighted by Crippen LogP contribution is -2.23. The van der Waals surface area contributed by atoms with E-state index in [0.717, 1.165) is 29.7 Å². The number of methoxy groups -OCH3 is 1. The molecular weight excluding hydrogens is 499 g/mol. The molecule has 0 aliphatic rings. The number of ether oxygens (including phenoxy) is 1. The summed E-state index contributed by atoms with van der Waals surface area (Å²) in [7, 11) is 3.53. The Kier molecular flexibility index (Phi) is 18.1. The highest BCUT2D eigenvalue weighted by atomic mass is 32.2. The number of para-hydroxylation sites is 1. The summed E-state index contributed by atoms with van der Waals surface area (Å²) in [4.78, 5) is 20.1. The maximum atomic E-state index is 12.9. The lowest BCUT2D eigenvalue weighted by molar-refractivity contribution is -0.0987. The van der Waals surface area contributed by atoms with Gasteiger partial charge in [0.1, 0.15) is 25.1 Å². The molecule has 0 saturated carbocycles. The van der Waals surface area contributed by atoms with Crippen molar-refractivity contribution in [2.75, 3.05) is 20.7 Å². The summed E-state index contributed by atoms with van der Waals surface area (Å²) >= 11 is 1.78. The molecule has 3 rings (SSSR count). The average Bonchev–Trinajstić information content (AvgIpc) is 2.98. The Labute approximate surface area is 231 Å². The molecule has 2 N–H and O–H groups in total. The third-order valence-electron chi connectivity index (χ3n) is 5.94. The van der Waals surface area contributed by atoms with Crippen molar-refractivity contribution in [1.82, 2.24) is 0 Å². The van der Waals surface area contributed by atoms with Crippen LogP contribution in [0.1, 0.15) is 44.2 Å². The number of thioether (sulfide) groups is 1. The fourth-order valence-corrected chi connectivity index (χ4v) is 4.24. The molecule has 1 unspecified atom stereocenters. The number of hydrogen-bond donors (Lipinski definition) is 1. The second-order valence-electron chi connectivity index (χ2n) is 8.61. The smallest absolute Gasteiger partial charge is 0.126 e. The summed E-state index contributed by atoms with van der Waals surface area (Å²) in [5, 5.41) is 0. The topological polar surface area (TPSA) is 81.8 Å². The van der Waals surface area contributed by atoms with Crippen LogP contribution < -0.4 is 10.5 Å². The van der Waals surface area contributed by atoms with Crippen LogP contribution in [-0.4, -0.2) is 44.6 Å². The quantitative estimate of drug-likeness (QED) is 0.234. The lowest BCUT2D eigenvalue weighted by atomic mass is 9.88. The van der Waals surface area contributed by atoms with Gasteiger partial charge in [-0.25, -0.2) is 4.39 Å². The standard InChI is InChI=1S/C20H25NOS.C9H12FN.2CH2O/c1-15(20(2,3)23-14-21-4)16-10-12-17(13-11-16)18-8-6-7-9-19(18)22-5;10-9-6-2-1-4-8(9)5-3-7-11;2*1-2/h6-15H,1-5H3;1-2,4,6H,3,5,7,11H2;2*1H2. The van der Waals surface area contributed by atoms with E-state index in [1.807, 2.05) is 50.4 Å². The van der Waals surface area contributed by atoms with Crippen molar-refractivity contribution < 1.29 is 18.7 Å². The van der Waals surface area contributed by atoms with E-state index in [4.69, 9.17) is 20.1 Å². The highest BCUT2D eigenvalue weighted by molar-refractivity contribution is 8.13. The molecule has 0 spiro atoms. The first-order valence-electron chi connectivity index (χ1n) is 12.2. The van der Waals surface area contributed by atoms with Gasteiger partial charge < -0.3 is 20.1 Å². The van der Waals surface area contributed by atoms with Gasteiger partial charge in [-0.05, 0) is 68.0 Å². The van der Waals surface area contributed by atoms with Crippen LogP contribution in [0, 0.1) is 5.82 Å². The Morgan fingerprint density at radius 3 is 2.13 bits per heavy atom. The molecule has 1 atom stereocenters. The SMILES string of the molecule is C=O.C=O.CN=CSC(C)(C)C(C)c1ccc(-c2ccccc2OC)cc1.NCCCc1ccccc1F. The predicted octanol–water partition coefficient (Wildman–Crippen LogP) is 6.98. The van der Waals surface area contributed by atoms with Gasteiger partial charge in [0, 0.05) is 17.4 Å². The Balaban J connectivity index is 0.000000763. The number of carbonyl (C=O) groups is 2. The summed E-state index contributed by atoms with van der Waals surface area (Å²) in [6.07, 6.45) is 1.59. The zero-order valence-electron chi connectivity index (χ0n) is 23.2. The van der Waals surface area contributed by atoms with Gasteiger partial charge in [0.2, 0.25) is 0 Å². The van der Waals surface area contributed by atoms with E-state index in [-0.39, 0.29) is 10.6 Å². The normalized spacial score (nSPS) is 11.1. The van der Waals surface area contributed by atoms with Crippen LogP contribution >= 0.6 is 11.8 Å². The van der Waals surface area contributed by atoms with Crippen molar-refractivity contribution >= 4 is 30.9 Å². The Hall–Kier alpha value is -3.29. The van der Waals surface area contributed by atoms with Crippen molar-refractivity contribution in [1.29, 1.82) is 0 Å². The summed E-state index contributed by atoms with van der Waals surface area (Å²) in [5.41, 5.74) is 11.6. The molecule has 3 aromatic rings. The first kappa shape index (κ1) is 34.7. The zero-order valence-corrected chi connectivity index (χ0v) is 24.0. The van der Waals surface area contributed by atoms with E-state index < -0.39 is 0 Å². The lowest BCUT2D eigenvalue weighted by Gasteiger charge is -2.30. The van der Waals surface area contributed by atoms with Crippen molar-refractivity contribution in [3.8, 4) is 16.9 Å². The molecule has 5 nitrogen and oxygen atoms in total. The van der Waals surface area contributed by atoms with E-state index in [1.165, 1.54) is 17.2 Å². The van der Waals surface area contributed by atoms with E-state index in [2.05, 4.69) is 56.1 Å². The molecule has 206 valence electrons. The van der Waals surface area contributed by atoms with Crippen LogP contribution in [0.3, 0.4) is 0 Å². The van der Waals surface area contributed by atoms with Crippen LogP contribution in [-0.2, 0) is 16.0 Å². The Morgan fingerprint density at radius 1 is 1.00 bits per heavy atom. The number of halogens is 1. The molecule has 0 aliphatic carbocycles. The second-order valence-corrected chi connectivity index (χ2v) is 10.1. The Bertz CT molecular complexity index is 1070. The van der Waals surface area contributed by atoms with Gasteiger partial charge in [0.05, 0.1) is 12.7 Å². The molecule has 0 aromatic heterocycles. The molecule has 0 heterocycles. The number of carbonyl (C=O) groups excluding carboxylic acids is 2. The first-order chi connectivity index (χ1) is 18.3. The summed E-state index contributed by atoms with van der Waals surface area (Å²) < 4.78 is 18.4. The largest absolute Gasteiger partial charge is 0.496 e. The van der Waals surface area contributed by atoms with Crippen molar-refractivity contribution in [3.05, 3.63) is 89.7 Å². The van der Waals surface area contributed by atoms with Crippen LogP contribution in [0.4, 0.5) is 4.39 Å². The van der Waals surface area contributed by atoms with E-state index >= 15 is 0 Å². The highest BCUT2D eigenvalue weighted by Crippen LogP contribution is 2.39. The fraction of sp³-hybridized carbons (Fsp3) is 0.323. The van der Waals surface area contributed by atoms with Crippen LogP contribution in [0.15, 0.2) is 77.8 Å². The number of rotatable bonds is 9. The van der Waals surface area contributed by atoms with E-state index in [1.54, 1.807) is 31.0 Å². The molecular formula is C31H41FN2O3S. The molecule has 3 aromatic carbocycles. The maximum absolute atomic E-state index is 12.9. The van der Waals surface area contributed by atoms with Gasteiger partial charge in [-0.3, -0.25) is 4.99 Å². The van der Waals surface area contributed by atoms with Crippen molar-refractivity contribution in [2.24, 2.45) is 10.7 Å². The number of benzene rings is 3. The van der Waals surface area contributed by atoms with Gasteiger partial charge in [-0.1, -0.05) is 67.6 Å². The maximum Gasteiger partial charge on any atom is 0.126 e. The van der Waals surface area contributed by atoms with Crippen LogP contribution in [0.2, 0.25) is 0 Å². The summed E-state index contributed by atoms with van der Waals surface area (Å²) in [6, 6.07) is 23.7. The highest BCUT2D eigenvalue weighted by Gasteiger charge is 2.27. The fourth-order valence-electron chi connectivity index (χ4n) is 3.52. The minimum Gasteiger partial charge on any atom is -0.496 e. The van der Waals surface area contributed by atoms with E-state index in [0.29, 0.717) is 12.5 Å². The molecule has 0 aliphatic heterocycles. The van der Waals surface area contributed by atoms with Gasteiger partial charge in [-0.2, -0.15) is 0 Å². The van der Waals surface area contributed by atoms with Crippen molar-refractivity contribution in [3.63, 3.8) is 0 Å². The predicted molar refractivity (Wildman–Crippen MR) is 161 cm³/mol. The van der Waals surface area contributed by atoms with Gasteiger partial charge in [-0.15, -0.1) is 11.8 Å². The van der Waals surface area contributed by atoms with Crippen LogP contribution in [0.25, 0.3) is 11.1 Å². The molecule has 0 saturated heterocycles. The minimum absolute atomic E-state index is 0.103. The van der Waals surface area contributed by atoms with Crippen molar-refractivity contribution in [2.45, 2.75) is 44.3 Å². The van der Waals surface area contributed by atoms with Crippen LogP contribution in [0.5, 0.6) is 5.75 Å². The number of aryl methyl sites for hydroxylation is 1. The molecule has 7 heteroatoms. The number of aliphatic imine (C=N–C) groups is 1. The molecule has 0 amide bonds. The van der Waals surface area contributed by atoms with Gasteiger partial charge >= 0.3 is 0 Å². The number of hydrogen-bond acceptors (Lipinski definition) is 6. The molecule has 0 bridgehead atoms. The minimum atomic E-state index is -0.124. The summed E-state index contributed by atoms with van der Waals surface area (Å²) in [6.45, 7) is 11.4. The third-order valence-corrected chi connectivity index (χ3v) is 7.22. The molecule has 0 fully saturated rings. The zero-order chi connectivity index (χ0) is 29.0. The second kappa shape index (κ2) is 19.8. The third kappa shape index (κ3) is 11.4. The number of nitrogens with zero attached hydrogens (tertiary/aromatic N) is 1. The summed E-state index contributed by atoms with van der Waals surface area (Å²) in [5.74, 6) is 1.21. The molecule has 0 radical (unpaired) electrons. The van der Waals surface area contributed by atoms with E-state index in [9.17, 15) is 4.39 Å².